The minimum Gasteiger partial charge on any atom is -0.387 e. The molecule has 0 aromatic heterocycles. The van der Waals surface area contributed by atoms with Crippen molar-refractivity contribution < 1.29 is 4.79 Å². The molecule has 1 aliphatic carbocycles. The first-order valence-corrected chi connectivity index (χ1v) is 9.57. The van der Waals surface area contributed by atoms with Gasteiger partial charge in [-0.15, -0.1) is 0 Å². The summed E-state index contributed by atoms with van der Waals surface area (Å²) in [4.78, 5) is 14.5. The molecular weight excluding hydrogens is 342 g/mol. The number of amides is 1. The minimum absolute atomic E-state index is 0.0939. The van der Waals surface area contributed by atoms with E-state index in [1.54, 1.807) is 18.0 Å². The zero-order valence-electron chi connectivity index (χ0n) is 14.4. The summed E-state index contributed by atoms with van der Waals surface area (Å²) in [5.74, 6) is -0.390. The number of carbonyl (C=O) groups excluding carboxylic acids is 1. The van der Waals surface area contributed by atoms with Gasteiger partial charge in [0.25, 0.3) is 5.91 Å². The van der Waals surface area contributed by atoms with Crippen molar-refractivity contribution in [2.24, 2.45) is 0 Å². The average molecular weight is 363 g/mol. The molecule has 0 spiro atoms. The number of para-hydroxylation sites is 1. The van der Waals surface area contributed by atoms with Crippen LogP contribution in [0.2, 0.25) is 0 Å². The summed E-state index contributed by atoms with van der Waals surface area (Å²) < 4.78 is 0. The van der Waals surface area contributed by atoms with E-state index in [1.807, 2.05) is 60.7 Å². The predicted octanol–water partition coefficient (Wildman–Crippen LogP) is 4.72. The van der Waals surface area contributed by atoms with Crippen LogP contribution in [0.3, 0.4) is 0 Å². The summed E-state index contributed by atoms with van der Waals surface area (Å²) in [6.07, 6.45) is 6.13. The smallest absolute Gasteiger partial charge is 0.267 e. The highest BCUT2D eigenvalue weighted by Gasteiger charge is 2.16. The lowest BCUT2D eigenvalue weighted by molar-refractivity contribution is -0.112. The quantitative estimate of drug-likeness (QED) is 0.576. The van der Waals surface area contributed by atoms with Gasteiger partial charge in [0.1, 0.15) is 11.6 Å². The second-order valence-electron chi connectivity index (χ2n) is 6.18. The van der Waals surface area contributed by atoms with Gasteiger partial charge < -0.3 is 10.6 Å². The van der Waals surface area contributed by atoms with Crippen molar-refractivity contribution in [3.63, 3.8) is 0 Å². The normalized spacial score (nSPS) is 14.7. The molecule has 1 fully saturated rings. The molecule has 0 radical (unpaired) electrons. The molecule has 1 amide bonds. The zero-order chi connectivity index (χ0) is 18.2. The number of nitrogens with one attached hydrogen (secondary N) is 2. The summed E-state index contributed by atoms with van der Waals surface area (Å²) in [5.41, 5.74) is 0.796. The van der Waals surface area contributed by atoms with E-state index in [-0.39, 0.29) is 11.5 Å². The summed E-state index contributed by atoms with van der Waals surface area (Å²) in [6, 6.07) is 20.0. The Morgan fingerprint density at radius 3 is 2.50 bits per heavy atom. The minimum atomic E-state index is -0.390. The van der Waals surface area contributed by atoms with Crippen LogP contribution in [0, 0.1) is 11.3 Å². The largest absolute Gasteiger partial charge is 0.387 e. The fourth-order valence-electron chi connectivity index (χ4n) is 2.91. The van der Waals surface area contributed by atoms with Crippen LogP contribution < -0.4 is 10.6 Å². The Kier molecular flexibility index (Phi) is 6.34. The van der Waals surface area contributed by atoms with E-state index in [0.717, 1.165) is 22.6 Å². The first-order chi connectivity index (χ1) is 12.8. The average Bonchev–Trinajstić information content (AvgIpc) is 3.18. The molecule has 1 saturated carbocycles. The molecule has 132 valence electrons. The van der Waals surface area contributed by atoms with Crippen LogP contribution in [0.4, 0.5) is 5.69 Å². The predicted molar refractivity (Wildman–Crippen MR) is 105 cm³/mol. The van der Waals surface area contributed by atoms with Gasteiger partial charge in [0.2, 0.25) is 0 Å². The number of hydrogen-bond donors (Lipinski definition) is 2. The van der Waals surface area contributed by atoms with Gasteiger partial charge in [0.15, 0.2) is 0 Å². The molecule has 0 heterocycles. The Labute approximate surface area is 158 Å². The van der Waals surface area contributed by atoms with Crippen LogP contribution in [0.1, 0.15) is 25.7 Å². The van der Waals surface area contributed by atoms with Gasteiger partial charge >= 0.3 is 0 Å². The molecule has 0 bridgehead atoms. The van der Waals surface area contributed by atoms with Gasteiger partial charge in [-0.1, -0.05) is 54.9 Å². The maximum absolute atomic E-state index is 12.5. The number of benzene rings is 2. The maximum atomic E-state index is 12.5. The van der Waals surface area contributed by atoms with Gasteiger partial charge in [-0.05, 0) is 37.1 Å². The Morgan fingerprint density at radius 2 is 1.77 bits per heavy atom. The molecule has 2 aromatic rings. The van der Waals surface area contributed by atoms with Crippen LogP contribution in [0.5, 0.6) is 0 Å². The van der Waals surface area contributed by atoms with Crippen LogP contribution >= 0.6 is 11.8 Å². The molecule has 5 heteroatoms. The highest BCUT2D eigenvalue weighted by atomic mass is 32.2. The Bertz CT molecular complexity index is 821. The summed E-state index contributed by atoms with van der Waals surface area (Å²) >= 11 is 1.58. The van der Waals surface area contributed by atoms with E-state index in [9.17, 15) is 10.1 Å². The van der Waals surface area contributed by atoms with Gasteiger partial charge in [-0.2, -0.15) is 5.26 Å². The summed E-state index contributed by atoms with van der Waals surface area (Å²) in [6.45, 7) is 0. The van der Waals surface area contributed by atoms with Crippen molar-refractivity contribution in [2.45, 2.75) is 41.5 Å². The van der Waals surface area contributed by atoms with Crippen molar-refractivity contribution >= 4 is 23.4 Å². The van der Waals surface area contributed by atoms with Crippen molar-refractivity contribution in [3.8, 4) is 6.07 Å². The molecule has 0 atom stereocenters. The number of hydrogen-bond acceptors (Lipinski definition) is 4. The fraction of sp³-hybridized carbons (Fsp3) is 0.238. The van der Waals surface area contributed by atoms with Gasteiger partial charge in [0.05, 0.1) is 5.69 Å². The lowest BCUT2D eigenvalue weighted by Crippen LogP contribution is -2.23. The third kappa shape index (κ3) is 4.90. The Morgan fingerprint density at radius 1 is 1.08 bits per heavy atom. The molecule has 0 saturated heterocycles. The number of anilines is 1. The summed E-state index contributed by atoms with van der Waals surface area (Å²) in [5, 5.41) is 15.4. The van der Waals surface area contributed by atoms with E-state index in [1.165, 1.54) is 12.8 Å². The highest BCUT2D eigenvalue weighted by Crippen LogP contribution is 2.33. The molecule has 26 heavy (non-hydrogen) atoms. The third-order valence-electron chi connectivity index (χ3n) is 4.29. The standard InChI is InChI=1S/C21H21N3OS/c22-14-16(15-23-17-8-4-5-9-17)21(25)24-19-12-6-7-13-20(19)26-18-10-2-1-3-11-18/h1-3,6-7,10-13,15,17,23H,4-5,8-9H2,(H,24,25)/b16-15-. The van der Waals surface area contributed by atoms with Crippen LogP contribution in [-0.2, 0) is 4.79 Å². The van der Waals surface area contributed by atoms with E-state index in [0.29, 0.717) is 11.7 Å². The second-order valence-corrected chi connectivity index (χ2v) is 7.30. The molecule has 2 aromatic carbocycles. The molecule has 1 aliphatic rings. The SMILES string of the molecule is N#C/C(=C/NC1CCCC1)C(=O)Nc1ccccc1Sc1ccccc1. The molecule has 0 unspecified atom stereocenters. The van der Waals surface area contributed by atoms with Crippen molar-refractivity contribution in [1.82, 2.24) is 5.32 Å². The first kappa shape index (κ1) is 18.1. The molecule has 4 nitrogen and oxygen atoms in total. The molecule has 0 aliphatic heterocycles. The Hall–Kier alpha value is -2.71. The monoisotopic (exact) mass is 363 g/mol. The topological polar surface area (TPSA) is 64.9 Å². The zero-order valence-corrected chi connectivity index (χ0v) is 15.3. The lowest BCUT2D eigenvalue weighted by atomic mass is 10.2. The highest BCUT2D eigenvalue weighted by molar-refractivity contribution is 7.99. The van der Waals surface area contributed by atoms with Crippen molar-refractivity contribution in [1.29, 1.82) is 5.26 Å². The van der Waals surface area contributed by atoms with E-state index in [4.69, 9.17) is 0 Å². The number of nitriles is 1. The number of carbonyl (C=O) groups is 1. The molecule has 2 N–H and O–H groups in total. The van der Waals surface area contributed by atoms with Gasteiger partial charge in [-0.25, -0.2) is 0 Å². The lowest BCUT2D eigenvalue weighted by Gasteiger charge is -2.12. The van der Waals surface area contributed by atoms with Crippen LogP contribution in [-0.4, -0.2) is 11.9 Å². The molecule has 3 rings (SSSR count). The summed E-state index contributed by atoms with van der Waals surface area (Å²) in [7, 11) is 0. The molecular formula is C21H21N3OS. The maximum Gasteiger partial charge on any atom is 0.267 e. The fourth-order valence-corrected chi connectivity index (χ4v) is 3.83. The van der Waals surface area contributed by atoms with Crippen molar-refractivity contribution in [3.05, 3.63) is 66.4 Å². The van der Waals surface area contributed by atoms with E-state index >= 15 is 0 Å². The Balaban J connectivity index is 1.70. The van der Waals surface area contributed by atoms with Crippen molar-refractivity contribution in [2.75, 3.05) is 5.32 Å². The number of rotatable bonds is 6. The second kappa shape index (κ2) is 9.12. The van der Waals surface area contributed by atoms with Gasteiger partial charge in [-0.3, -0.25) is 4.79 Å². The number of nitrogens with zero attached hydrogens (tertiary/aromatic N) is 1. The van der Waals surface area contributed by atoms with Gasteiger partial charge in [0, 0.05) is 22.0 Å². The van der Waals surface area contributed by atoms with Crippen LogP contribution in [0.25, 0.3) is 0 Å². The first-order valence-electron chi connectivity index (χ1n) is 8.76. The third-order valence-corrected chi connectivity index (χ3v) is 5.37. The van der Waals surface area contributed by atoms with E-state index < -0.39 is 0 Å². The van der Waals surface area contributed by atoms with Crippen LogP contribution in [0.15, 0.2) is 76.2 Å². The van der Waals surface area contributed by atoms with E-state index in [2.05, 4.69) is 10.6 Å².